The van der Waals surface area contributed by atoms with Gasteiger partial charge < -0.3 is 4.90 Å². The van der Waals surface area contributed by atoms with Crippen LogP contribution in [0.2, 0.25) is 0 Å². The lowest BCUT2D eigenvalue weighted by molar-refractivity contribution is 0.660. The van der Waals surface area contributed by atoms with Crippen LogP contribution >= 0.6 is 0 Å². The number of aryl methyl sites for hydroxylation is 2. The topological polar surface area (TPSA) is 3.24 Å². The SMILES string of the molecule is Cc1ccccc1-c1c(C)cccc1N(c1ccc2c(c1)C(C)(C)c1ccccc1-2)c1ccc2c(c1)C(c1ccccc1)(c1ccccc1)c1ccccc1-2. The second-order valence-corrected chi connectivity index (χ2v) is 15.8. The molecule has 2 aliphatic rings. The molecule has 0 unspecified atom stereocenters. The molecule has 0 aromatic heterocycles. The number of hydrogen-bond donors (Lipinski definition) is 0. The molecular weight excluding hydrogens is 663 g/mol. The quantitative estimate of drug-likeness (QED) is 0.166. The van der Waals surface area contributed by atoms with E-state index < -0.39 is 5.41 Å². The molecule has 0 saturated carbocycles. The number of rotatable bonds is 6. The van der Waals surface area contributed by atoms with Crippen LogP contribution in [0, 0.1) is 13.8 Å². The van der Waals surface area contributed by atoms with Crippen LogP contribution in [0.3, 0.4) is 0 Å². The molecular formula is C54H43N. The molecule has 2 aliphatic carbocycles. The van der Waals surface area contributed by atoms with E-state index >= 15 is 0 Å². The normalized spacial score (nSPS) is 14.1. The highest BCUT2D eigenvalue weighted by molar-refractivity contribution is 5.94. The van der Waals surface area contributed by atoms with Crippen LogP contribution in [-0.2, 0) is 10.8 Å². The van der Waals surface area contributed by atoms with Gasteiger partial charge in [0.1, 0.15) is 0 Å². The second-order valence-electron chi connectivity index (χ2n) is 15.8. The van der Waals surface area contributed by atoms with Crippen LogP contribution in [0.25, 0.3) is 33.4 Å². The predicted molar refractivity (Wildman–Crippen MR) is 231 cm³/mol. The van der Waals surface area contributed by atoms with Crippen molar-refractivity contribution in [2.45, 2.75) is 38.5 Å². The van der Waals surface area contributed by atoms with E-state index in [2.05, 4.69) is 221 Å². The number of anilines is 3. The highest BCUT2D eigenvalue weighted by Gasteiger charge is 2.46. The lowest BCUT2D eigenvalue weighted by atomic mass is 9.67. The van der Waals surface area contributed by atoms with E-state index in [0.29, 0.717) is 0 Å². The summed E-state index contributed by atoms with van der Waals surface area (Å²) >= 11 is 0. The Morgan fingerprint density at radius 1 is 0.364 bits per heavy atom. The van der Waals surface area contributed by atoms with E-state index in [4.69, 9.17) is 0 Å². The zero-order valence-corrected chi connectivity index (χ0v) is 31.8. The maximum Gasteiger partial charge on any atom is 0.0714 e. The Hall–Kier alpha value is -6.44. The van der Waals surface area contributed by atoms with Gasteiger partial charge in [-0.25, -0.2) is 0 Å². The maximum atomic E-state index is 2.53. The minimum Gasteiger partial charge on any atom is -0.310 e. The van der Waals surface area contributed by atoms with Crippen molar-refractivity contribution in [1.82, 2.24) is 0 Å². The summed E-state index contributed by atoms with van der Waals surface area (Å²) in [4.78, 5) is 2.53. The summed E-state index contributed by atoms with van der Waals surface area (Å²) in [6.07, 6.45) is 0. The Morgan fingerprint density at radius 3 is 1.47 bits per heavy atom. The third-order valence-corrected chi connectivity index (χ3v) is 12.4. The molecule has 0 saturated heterocycles. The van der Waals surface area contributed by atoms with E-state index in [1.807, 2.05) is 0 Å². The van der Waals surface area contributed by atoms with Gasteiger partial charge in [-0.15, -0.1) is 0 Å². The molecule has 55 heavy (non-hydrogen) atoms. The largest absolute Gasteiger partial charge is 0.310 e. The summed E-state index contributed by atoms with van der Waals surface area (Å²) in [5.74, 6) is 0. The van der Waals surface area contributed by atoms with Crippen molar-refractivity contribution in [2.24, 2.45) is 0 Å². The molecule has 0 fully saturated rings. The van der Waals surface area contributed by atoms with Crippen LogP contribution in [0.5, 0.6) is 0 Å². The van der Waals surface area contributed by atoms with Gasteiger partial charge in [0.05, 0.1) is 11.1 Å². The molecule has 0 bridgehead atoms. The van der Waals surface area contributed by atoms with Crippen molar-refractivity contribution in [3.05, 3.63) is 233 Å². The fourth-order valence-electron chi connectivity index (χ4n) is 9.87. The molecule has 264 valence electrons. The molecule has 0 spiro atoms. The average Bonchev–Trinajstić information content (AvgIpc) is 3.64. The summed E-state index contributed by atoms with van der Waals surface area (Å²) in [7, 11) is 0. The van der Waals surface area contributed by atoms with Crippen molar-refractivity contribution < 1.29 is 0 Å². The Kier molecular flexibility index (Phi) is 7.58. The molecule has 1 heteroatoms. The summed E-state index contributed by atoms with van der Waals surface area (Å²) in [5, 5.41) is 0. The molecule has 0 amide bonds. The number of fused-ring (bicyclic) bond motifs is 6. The van der Waals surface area contributed by atoms with Gasteiger partial charge in [0.2, 0.25) is 0 Å². The number of nitrogens with zero attached hydrogens (tertiary/aromatic N) is 1. The van der Waals surface area contributed by atoms with Crippen LogP contribution in [0.1, 0.15) is 58.4 Å². The van der Waals surface area contributed by atoms with Gasteiger partial charge in [0.25, 0.3) is 0 Å². The van der Waals surface area contributed by atoms with Crippen molar-refractivity contribution in [1.29, 1.82) is 0 Å². The fraction of sp³-hybridized carbons (Fsp3) is 0.111. The monoisotopic (exact) mass is 705 g/mol. The van der Waals surface area contributed by atoms with Gasteiger partial charge >= 0.3 is 0 Å². The van der Waals surface area contributed by atoms with Crippen LogP contribution < -0.4 is 4.90 Å². The van der Waals surface area contributed by atoms with Gasteiger partial charge in [-0.2, -0.15) is 0 Å². The highest BCUT2D eigenvalue weighted by Crippen LogP contribution is 2.58. The molecule has 1 nitrogen and oxygen atoms in total. The zero-order chi connectivity index (χ0) is 37.3. The number of hydrogen-bond acceptors (Lipinski definition) is 1. The van der Waals surface area contributed by atoms with Crippen LogP contribution in [0.4, 0.5) is 17.1 Å². The first-order valence-corrected chi connectivity index (χ1v) is 19.4. The van der Waals surface area contributed by atoms with Crippen molar-refractivity contribution >= 4 is 17.1 Å². The standard InChI is InChI=1S/C54H43N/c1-36-18-11-12-24-42(36)52-37(2)19-17-29-51(52)55(40-30-32-45-43-25-13-15-27-47(43)53(3,4)49(45)34-40)41-31-33-46-44-26-14-16-28-48(44)54(50(46)35-41,38-20-7-5-8-21-38)39-22-9-6-10-23-39/h5-35H,1-4H3. The van der Waals surface area contributed by atoms with Crippen molar-refractivity contribution in [2.75, 3.05) is 4.90 Å². The third-order valence-electron chi connectivity index (χ3n) is 12.4. The van der Waals surface area contributed by atoms with Crippen LogP contribution in [0.15, 0.2) is 188 Å². The summed E-state index contributed by atoms with van der Waals surface area (Å²) in [6.45, 7) is 9.22. The highest BCUT2D eigenvalue weighted by atomic mass is 15.1. The fourth-order valence-corrected chi connectivity index (χ4v) is 9.87. The lowest BCUT2D eigenvalue weighted by Gasteiger charge is -2.35. The smallest absolute Gasteiger partial charge is 0.0714 e. The van der Waals surface area contributed by atoms with E-state index in [1.165, 1.54) is 83.6 Å². The average molecular weight is 706 g/mol. The summed E-state index contributed by atoms with van der Waals surface area (Å²) in [5.41, 5.74) is 21.0. The molecule has 0 heterocycles. The Labute approximate surface area is 325 Å². The minimum atomic E-state index is -0.497. The van der Waals surface area contributed by atoms with E-state index in [-0.39, 0.29) is 5.41 Å². The predicted octanol–water partition coefficient (Wildman–Crippen LogP) is 14.1. The summed E-state index contributed by atoms with van der Waals surface area (Å²) < 4.78 is 0. The first-order chi connectivity index (χ1) is 26.9. The van der Waals surface area contributed by atoms with Crippen molar-refractivity contribution in [3.8, 4) is 33.4 Å². The number of benzene rings is 8. The van der Waals surface area contributed by atoms with E-state index in [9.17, 15) is 0 Å². The summed E-state index contributed by atoms with van der Waals surface area (Å²) in [6, 6.07) is 70.1. The third kappa shape index (κ3) is 4.86. The first-order valence-electron chi connectivity index (χ1n) is 19.4. The minimum absolute atomic E-state index is 0.131. The van der Waals surface area contributed by atoms with Gasteiger partial charge in [-0.1, -0.05) is 172 Å². The van der Waals surface area contributed by atoms with Gasteiger partial charge in [0.15, 0.2) is 0 Å². The Balaban J connectivity index is 1.28. The van der Waals surface area contributed by atoms with Gasteiger partial charge in [-0.3, -0.25) is 0 Å². The second kappa shape index (κ2) is 12.6. The first kappa shape index (κ1) is 33.2. The lowest BCUT2D eigenvalue weighted by Crippen LogP contribution is -2.28. The van der Waals surface area contributed by atoms with E-state index in [0.717, 1.165) is 11.4 Å². The molecule has 0 radical (unpaired) electrons. The van der Waals surface area contributed by atoms with Gasteiger partial charge in [-0.05, 0) is 117 Å². The van der Waals surface area contributed by atoms with Crippen molar-refractivity contribution in [3.63, 3.8) is 0 Å². The molecule has 10 rings (SSSR count). The Bertz CT molecular complexity index is 2720. The van der Waals surface area contributed by atoms with Gasteiger partial charge in [0, 0.05) is 22.4 Å². The molecule has 0 aliphatic heterocycles. The van der Waals surface area contributed by atoms with Crippen LogP contribution in [-0.4, -0.2) is 0 Å². The van der Waals surface area contributed by atoms with E-state index in [1.54, 1.807) is 0 Å². The maximum absolute atomic E-state index is 2.53. The Morgan fingerprint density at radius 2 is 0.836 bits per heavy atom. The zero-order valence-electron chi connectivity index (χ0n) is 31.8. The molecule has 8 aromatic rings. The molecule has 8 aromatic carbocycles. The molecule has 0 atom stereocenters. The molecule has 0 N–H and O–H groups in total.